The average molecular weight is 505 g/mol. The van der Waals surface area contributed by atoms with E-state index in [2.05, 4.69) is 20.2 Å². The molecular weight excluding hydrogens is 473 g/mol. The Balaban J connectivity index is 1.01. The number of likely N-dealkylation sites (tertiary alicyclic amines) is 1. The van der Waals surface area contributed by atoms with Gasteiger partial charge in [0.25, 0.3) is 5.91 Å². The third kappa shape index (κ3) is 5.55. The van der Waals surface area contributed by atoms with Crippen LogP contribution in [0.4, 0.5) is 13.2 Å². The smallest absolute Gasteiger partial charge is 0.349 e. The number of hydrogen-bond acceptors (Lipinski definition) is 5. The minimum atomic E-state index is -4.53. The molecule has 1 aromatic heterocycles. The lowest BCUT2D eigenvalue weighted by atomic mass is 9.83. The molecule has 0 radical (unpaired) electrons. The third-order valence-corrected chi connectivity index (χ3v) is 7.50. The number of carbonyl (C=O) groups excluding carboxylic acids is 2. The van der Waals surface area contributed by atoms with E-state index in [0.29, 0.717) is 12.0 Å². The van der Waals surface area contributed by atoms with E-state index in [-0.39, 0.29) is 24.1 Å². The minimum absolute atomic E-state index is 0.0159. The monoisotopic (exact) mass is 504 g/mol. The summed E-state index contributed by atoms with van der Waals surface area (Å²) in [4.78, 5) is 31.6. The van der Waals surface area contributed by atoms with Crippen LogP contribution >= 0.6 is 0 Å². The Hall–Kier alpha value is -2.95. The number of nitrogens with zero attached hydrogens (tertiary/aromatic N) is 4. The first-order valence-electron chi connectivity index (χ1n) is 12.7. The summed E-state index contributed by atoms with van der Waals surface area (Å²) in [5, 5.41) is 10.0. The molecule has 8 nitrogen and oxygen atoms in total. The second-order valence-corrected chi connectivity index (χ2v) is 10.1. The molecule has 2 aliphatic heterocycles. The van der Waals surface area contributed by atoms with Gasteiger partial charge in [-0.1, -0.05) is 6.07 Å². The fourth-order valence-corrected chi connectivity index (χ4v) is 5.45. The van der Waals surface area contributed by atoms with E-state index >= 15 is 0 Å². The average Bonchev–Trinajstić information content (AvgIpc) is 3.28. The van der Waals surface area contributed by atoms with E-state index in [1.807, 2.05) is 0 Å². The number of halogens is 3. The maximum Gasteiger partial charge on any atom is 0.416 e. The Kier molecular flexibility index (Phi) is 7.00. The molecule has 3 aliphatic rings. The van der Waals surface area contributed by atoms with Crippen LogP contribution in [0.3, 0.4) is 0 Å². The summed E-state index contributed by atoms with van der Waals surface area (Å²) < 4.78 is 40.6. The van der Waals surface area contributed by atoms with Crippen LogP contribution in [0.25, 0.3) is 0 Å². The Morgan fingerprint density at radius 2 is 1.86 bits per heavy atom. The summed E-state index contributed by atoms with van der Waals surface area (Å²) >= 11 is 0. The van der Waals surface area contributed by atoms with Crippen molar-refractivity contribution in [1.82, 2.24) is 30.3 Å². The van der Waals surface area contributed by atoms with Crippen LogP contribution in [0, 0.1) is 0 Å². The highest BCUT2D eigenvalue weighted by molar-refractivity contribution is 5.96. The first-order chi connectivity index (χ1) is 17.3. The molecule has 36 heavy (non-hydrogen) atoms. The molecule has 1 aliphatic carbocycles. The zero-order chi connectivity index (χ0) is 25.3. The van der Waals surface area contributed by atoms with E-state index in [1.54, 1.807) is 0 Å². The maximum absolute atomic E-state index is 12.8. The fourth-order valence-electron chi connectivity index (χ4n) is 5.45. The molecule has 0 bridgehead atoms. The predicted molar refractivity (Wildman–Crippen MR) is 125 cm³/mol. The van der Waals surface area contributed by atoms with Crippen molar-refractivity contribution in [2.75, 3.05) is 19.6 Å². The zero-order valence-corrected chi connectivity index (χ0v) is 20.1. The van der Waals surface area contributed by atoms with Gasteiger partial charge in [-0.2, -0.15) is 18.3 Å². The number of nitrogens with one attached hydrogen (secondary N) is 2. The van der Waals surface area contributed by atoms with Crippen molar-refractivity contribution in [3.63, 3.8) is 0 Å². The fraction of sp³-hybridized carbons (Fsp3) is 0.600. The topological polar surface area (TPSA) is 92.2 Å². The van der Waals surface area contributed by atoms with Gasteiger partial charge in [-0.05, 0) is 56.7 Å². The number of rotatable bonds is 6. The van der Waals surface area contributed by atoms with Crippen molar-refractivity contribution >= 4 is 11.8 Å². The number of hydrogen-bond donors (Lipinski definition) is 2. The zero-order valence-electron chi connectivity index (χ0n) is 20.1. The summed E-state index contributed by atoms with van der Waals surface area (Å²) in [6, 6.07) is 4.66. The van der Waals surface area contributed by atoms with E-state index in [4.69, 9.17) is 10.1 Å². The Bertz CT molecular complexity index is 1080. The molecule has 1 aromatic carbocycles. The summed E-state index contributed by atoms with van der Waals surface area (Å²) in [5.74, 6) is 1.50. The number of alkyl halides is 3. The number of aryl methyl sites for hydroxylation is 2. The van der Waals surface area contributed by atoms with E-state index in [9.17, 15) is 22.8 Å². The molecule has 0 atom stereocenters. The highest BCUT2D eigenvalue weighted by Crippen LogP contribution is 2.35. The van der Waals surface area contributed by atoms with Crippen LogP contribution in [-0.2, 0) is 23.9 Å². The van der Waals surface area contributed by atoms with E-state index in [0.717, 1.165) is 75.5 Å². The van der Waals surface area contributed by atoms with Gasteiger partial charge < -0.3 is 10.6 Å². The van der Waals surface area contributed by atoms with Crippen LogP contribution in [0.1, 0.15) is 72.0 Å². The quantitative estimate of drug-likeness (QED) is 0.631. The van der Waals surface area contributed by atoms with Crippen LogP contribution < -0.4 is 10.6 Å². The lowest BCUT2D eigenvalue weighted by Crippen LogP contribution is -2.63. The number of benzene rings is 1. The summed E-state index contributed by atoms with van der Waals surface area (Å²) in [7, 11) is 0. The van der Waals surface area contributed by atoms with Crippen LogP contribution in [-0.4, -0.2) is 63.2 Å². The summed E-state index contributed by atoms with van der Waals surface area (Å²) in [6.07, 6.45) is 3.19. The van der Waals surface area contributed by atoms with Crippen molar-refractivity contribution in [3.8, 4) is 0 Å². The molecule has 0 unspecified atom stereocenters. The molecule has 11 heteroatoms. The highest BCUT2D eigenvalue weighted by atomic mass is 19.4. The van der Waals surface area contributed by atoms with Crippen molar-refractivity contribution in [2.45, 2.75) is 75.7 Å². The van der Waals surface area contributed by atoms with Crippen LogP contribution in [0.15, 0.2) is 24.3 Å². The molecule has 2 fully saturated rings. The lowest BCUT2D eigenvalue weighted by molar-refractivity contribution is -0.137. The molecule has 2 amide bonds. The van der Waals surface area contributed by atoms with Crippen LogP contribution in [0.5, 0.6) is 0 Å². The third-order valence-electron chi connectivity index (χ3n) is 7.50. The molecule has 1 saturated heterocycles. The predicted octanol–water partition coefficient (Wildman–Crippen LogP) is 2.89. The molecular formula is C25H31F3N6O2. The van der Waals surface area contributed by atoms with Gasteiger partial charge in [-0.15, -0.1) is 0 Å². The van der Waals surface area contributed by atoms with Crippen molar-refractivity contribution in [3.05, 3.63) is 47.0 Å². The second-order valence-electron chi connectivity index (χ2n) is 10.1. The lowest BCUT2D eigenvalue weighted by Gasteiger charge is -2.46. The molecule has 5 rings (SSSR count). The minimum Gasteiger partial charge on any atom is -0.349 e. The van der Waals surface area contributed by atoms with Crippen molar-refractivity contribution in [2.24, 2.45) is 0 Å². The molecule has 194 valence electrons. The van der Waals surface area contributed by atoms with Crippen molar-refractivity contribution in [1.29, 1.82) is 0 Å². The Morgan fingerprint density at radius 1 is 1.08 bits per heavy atom. The number of aromatic nitrogens is 3. The standard InChI is InChI=1S/C25H31F3N6O2/c26-25(27,28)18-5-3-4-17(12-18)24(36)29-13-22(35)30-19-14-33(15-19)20-9-7-16(8-10-20)23-31-21-6-1-2-11-34(21)32-23/h3-5,12,16,19-20H,1-2,6-11,13-15H2,(H,29,36)(H,30,35). The van der Waals surface area contributed by atoms with Crippen LogP contribution in [0.2, 0.25) is 0 Å². The Labute approximate surface area is 207 Å². The maximum atomic E-state index is 12.8. The van der Waals surface area contributed by atoms with Gasteiger partial charge in [-0.3, -0.25) is 14.5 Å². The first-order valence-corrected chi connectivity index (χ1v) is 12.7. The highest BCUT2D eigenvalue weighted by Gasteiger charge is 2.36. The summed E-state index contributed by atoms with van der Waals surface area (Å²) in [5.41, 5.74) is -1.03. The molecule has 3 heterocycles. The number of fused-ring (bicyclic) bond motifs is 1. The largest absolute Gasteiger partial charge is 0.416 e. The van der Waals surface area contributed by atoms with Gasteiger partial charge in [0, 0.05) is 43.6 Å². The normalized spacial score (nSPS) is 23.0. The molecule has 2 N–H and O–H groups in total. The second kappa shape index (κ2) is 10.2. The molecule has 0 spiro atoms. The van der Waals surface area contributed by atoms with Gasteiger partial charge >= 0.3 is 6.18 Å². The first kappa shape index (κ1) is 24.7. The van der Waals surface area contributed by atoms with Gasteiger partial charge in [0.1, 0.15) is 5.82 Å². The van der Waals surface area contributed by atoms with Gasteiger partial charge in [0.2, 0.25) is 5.91 Å². The van der Waals surface area contributed by atoms with E-state index < -0.39 is 17.6 Å². The molecule has 1 saturated carbocycles. The molecule has 2 aromatic rings. The SMILES string of the molecule is O=C(CNC(=O)c1cccc(C(F)(F)F)c1)NC1CN(C2CCC(c3nc4n(n3)CCCC4)CC2)C1. The van der Waals surface area contributed by atoms with Gasteiger partial charge in [-0.25, -0.2) is 9.67 Å². The Morgan fingerprint density at radius 3 is 2.58 bits per heavy atom. The van der Waals surface area contributed by atoms with Gasteiger partial charge in [0.15, 0.2) is 5.82 Å². The van der Waals surface area contributed by atoms with E-state index in [1.165, 1.54) is 25.0 Å². The van der Waals surface area contributed by atoms with Crippen molar-refractivity contribution < 1.29 is 22.8 Å². The summed E-state index contributed by atoms with van der Waals surface area (Å²) in [6.45, 7) is 2.23. The number of carbonyl (C=O) groups is 2. The number of amides is 2. The van der Waals surface area contributed by atoms with Gasteiger partial charge in [0.05, 0.1) is 18.2 Å².